The van der Waals surface area contributed by atoms with Crippen LogP contribution in [0.15, 0.2) is 36.2 Å². The molecule has 2 rings (SSSR count). The van der Waals surface area contributed by atoms with Crippen LogP contribution in [0.4, 0.5) is 4.39 Å². The van der Waals surface area contributed by atoms with Crippen LogP contribution in [0.1, 0.15) is 46.6 Å². The predicted octanol–water partition coefficient (Wildman–Crippen LogP) is 4.65. The molecule has 0 fully saturated rings. The average molecular weight is 261 g/mol. The summed E-state index contributed by atoms with van der Waals surface area (Å²) in [6.07, 6.45) is 0.775. The summed E-state index contributed by atoms with van der Waals surface area (Å²) in [6.45, 7) is 10.4. The van der Waals surface area contributed by atoms with Crippen molar-refractivity contribution in [2.75, 3.05) is 0 Å². The first kappa shape index (κ1) is 14.3. The van der Waals surface area contributed by atoms with Gasteiger partial charge in [0.25, 0.3) is 0 Å². The van der Waals surface area contributed by atoms with E-state index in [0.717, 1.165) is 17.6 Å². The van der Waals surface area contributed by atoms with Gasteiger partial charge < -0.3 is 0 Å². The quantitative estimate of drug-likeness (QED) is 0.749. The van der Waals surface area contributed by atoms with E-state index in [1.807, 2.05) is 44.2 Å². The van der Waals surface area contributed by atoms with E-state index in [1.54, 1.807) is 0 Å². The van der Waals surface area contributed by atoms with E-state index in [2.05, 4.69) is 25.7 Å². The van der Waals surface area contributed by atoms with Crippen molar-refractivity contribution in [3.8, 4) is 0 Å². The molecule has 104 valence electrons. The van der Waals surface area contributed by atoms with Gasteiger partial charge >= 0.3 is 0 Å². The third-order valence-electron chi connectivity index (χ3n) is 4.10. The zero-order chi connectivity index (χ0) is 14.2. The Morgan fingerprint density at radius 3 is 2.32 bits per heavy atom. The Kier molecular flexibility index (Phi) is 3.82. The van der Waals surface area contributed by atoms with Crippen LogP contribution in [0.5, 0.6) is 0 Å². The summed E-state index contributed by atoms with van der Waals surface area (Å²) < 4.78 is 14.9. The van der Waals surface area contributed by atoms with Crippen LogP contribution in [0.25, 0.3) is 5.57 Å². The molecule has 1 heterocycles. The van der Waals surface area contributed by atoms with Crippen molar-refractivity contribution in [2.24, 2.45) is 0 Å². The number of hydrogen-bond donors (Lipinski definition) is 0. The zero-order valence-corrected chi connectivity index (χ0v) is 12.6. The minimum absolute atomic E-state index is 0.0190. The van der Waals surface area contributed by atoms with Crippen LogP contribution in [0.2, 0.25) is 0 Å². The molecule has 0 saturated heterocycles. The second-order valence-corrected chi connectivity index (χ2v) is 6.27. The topological polar surface area (TPSA) is 3.24 Å². The standard InChI is InChI=1S/C17H24FN/c1-12(2)19-13(3)11-15(16(18)17(19,4)5)14-9-7-6-8-10-14/h6-10,12-13H,11H2,1-5H3. The summed E-state index contributed by atoms with van der Waals surface area (Å²) in [5, 5.41) is 0. The fourth-order valence-corrected chi connectivity index (χ4v) is 3.56. The van der Waals surface area contributed by atoms with Crippen molar-refractivity contribution in [1.29, 1.82) is 0 Å². The molecule has 1 aliphatic rings. The molecule has 1 nitrogen and oxygen atoms in total. The van der Waals surface area contributed by atoms with E-state index in [1.165, 1.54) is 0 Å². The highest BCUT2D eigenvalue weighted by molar-refractivity contribution is 5.70. The average Bonchev–Trinajstić information content (AvgIpc) is 2.34. The van der Waals surface area contributed by atoms with Gasteiger partial charge in [-0.15, -0.1) is 0 Å². The van der Waals surface area contributed by atoms with Crippen LogP contribution in [0, 0.1) is 0 Å². The first-order chi connectivity index (χ1) is 8.85. The molecular weight excluding hydrogens is 237 g/mol. The van der Waals surface area contributed by atoms with Crippen molar-refractivity contribution in [3.63, 3.8) is 0 Å². The van der Waals surface area contributed by atoms with Crippen molar-refractivity contribution in [1.82, 2.24) is 4.90 Å². The largest absolute Gasteiger partial charge is 0.287 e. The lowest BCUT2D eigenvalue weighted by Gasteiger charge is -2.48. The molecule has 0 N–H and O–H groups in total. The Balaban J connectivity index is 2.50. The summed E-state index contributed by atoms with van der Waals surface area (Å²) in [5.41, 5.74) is 1.36. The van der Waals surface area contributed by atoms with Crippen LogP contribution >= 0.6 is 0 Å². The highest BCUT2D eigenvalue weighted by Gasteiger charge is 2.42. The van der Waals surface area contributed by atoms with E-state index in [4.69, 9.17) is 0 Å². The van der Waals surface area contributed by atoms with E-state index >= 15 is 0 Å². The minimum Gasteiger partial charge on any atom is -0.287 e. The first-order valence-corrected chi connectivity index (χ1v) is 7.08. The van der Waals surface area contributed by atoms with Crippen LogP contribution < -0.4 is 0 Å². The SMILES string of the molecule is CC(C)N1C(C)CC(c2ccccc2)=C(F)C1(C)C. The van der Waals surface area contributed by atoms with Gasteiger partial charge in [0.1, 0.15) is 5.83 Å². The van der Waals surface area contributed by atoms with Gasteiger partial charge in [-0.1, -0.05) is 30.3 Å². The van der Waals surface area contributed by atoms with E-state index in [9.17, 15) is 4.39 Å². The predicted molar refractivity (Wildman–Crippen MR) is 79.6 cm³/mol. The molecule has 2 heteroatoms. The first-order valence-electron chi connectivity index (χ1n) is 7.08. The van der Waals surface area contributed by atoms with Gasteiger partial charge in [-0.2, -0.15) is 0 Å². The molecular formula is C17H24FN. The van der Waals surface area contributed by atoms with Gasteiger partial charge in [-0.25, -0.2) is 4.39 Å². The molecule has 1 aromatic carbocycles. The van der Waals surface area contributed by atoms with Gasteiger partial charge in [0, 0.05) is 12.1 Å². The number of hydrogen-bond acceptors (Lipinski definition) is 1. The second kappa shape index (κ2) is 5.09. The summed E-state index contributed by atoms with van der Waals surface area (Å²) >= 11 is 0. The number of halogens is 1. The fraction of sp³-hybridized carbons (Fsp3) is 0.529. The number of benzene rings is 1. The van der Waals surface area contributed by atoms with Crippen LogP contribution in [-0.2, 0) is 0 Å². The Hall–Kier alpha value is -1.15. The highest BCUT2D eigenvalue weighted by atomic mass is 19.1. The zero-order valence-electron chi connectivity index (χ0n) is 12.6. The van der Waals surface area contributed by atoms with Gasteiger partial charge in [-0.05, 0) is 52.2 Å². The fourth-order valence-electron chi connectivity index (χ4n) is 3.56. The van der Waals surface area contributed by atoms with E-state index in [0.29, 0.717) is 12.1 Å². The molecule has 1 atom stereocenters. The smallest absolute Gasteiger partial charge is 0.123 e. The molecule has 0 spiro atoms. The molecule has 0 radical (unpaired) electrons. The summed E-state index contributed by atoms with van der Waals surface area (Å²) in [4.78, 5) is 2.27. The lowest BCUT2D eigenvalue weighted by atomic mass is 9.83. The lowest BCUT2D eigenvalue weighted by molar-refractivity contribution is 0.0452. The molecule has 0 aliphatic carbocycles. The highest BCUT2D eigenvalue weighted by Crippen LogP contribution is 2.42. The second-order valence-electron chi connectivity index (χ2n) is 6.27. The molecule has 0 saturated carbocycles. The van der Waals surface area contributed by atoms with Gasteiger partial charge in [0.15, 0.2) is 0 Å². The van der Waals surface area contributed by atoms with Crippen molar-refractivity contribution in [3.05, 3.63) is 41.7 Å². The van der Waals surface area contributed by atoms with Gasteiger partial charge in [-0.3, -0.25) is 4.90 Å². The summed E-state index contributed by atoms with van der Waals surface area (Å²) in [6, 6.07) is 10.6. The molecule has 0 amide bonds. The summed E-state index contributed by atoms with van der Waals surface area (Å²) in [5.74, 6) is 0.0190. The molecule has 1 aromatic rings. The van der Waals surface area contributed by atoms with E-state index in [-0.39, 0.29) is 5.83 Å². The normalized spacial score (nSPS) is 24.1. The maximum atomic E-state index is 14.9. The lowest BCUT2D eigenvalue weighted by Crippen LogP contribution is -2.55. The Bertz CT molecular complexity index is 473. The van der Waals surface area contributed by atoms with Gasteiger partial charge in [0.2, 0.25) is 0 Å². The van der Waals surface area contributed by atoms with Gasteiger partial charge in [0.05, 0.1) is 5.54 Å². The molecule has 19 heavy (non-hydrogen) atoms. The van der Waals surface area contributed by atoms with Crippen LogP contribution in [0.3, 0.4) is 0 Å². The number of rotatable bonds is 2. The van der Waals surface area contributed by atoms with Crippen molar-refractivity contribution >= 4 is 5.57 Å². The van der Waals surface area contributed by atoms with Crippen LogP contribution in [-0.4, -0.2) is 22.5 Å². The monoisotopic (exact) mass is 261 g/mol. The third kappa shape index (κ3) is 2.46. The number of nitrogens with zero attached hydrogens (tertiary/aromatic N) is 1. The van der Waals surface area contributed by atoms with E-state index < -0.39 is 5.54 Å². The Labute approximate surface area is 116 Å². The van der Waals surface area contributed by atoms with Crippen molar-refractivity contribution in [2.45, 2.75) is 58.7 Å². The maximum absolute atomic E-state index is 14.9. The molecule has 1 aliphatic heterocycles. The maximum Gasteiger partial charge on any atom is 0.123 e. The Morgan fingerprint density at radius 2 is 1.79 bits per heavy atom. The Morgan fingerprint density at radius 1 is 1.21 bits per heavy atom. The summed E-state index contributed by atoms with van der Waals surface area (Å²) in [7, 11) is 0. The van der Waals surface area contributed by atoms with Crippen molar-refractivity contribution < 1.29 is 4.39 Å². The molecule has 0 aromatic heterocycles. The molecule has 1 unspecified atom stereocenters. The molecule has 0 bridgehead atoms. The minimum atomic E-state index is -0.531. The third-order valence-corrected chi connectivity index (χ3v) is 4.10.